The number of allylic oxidation sites excluding steroid dienone is 1. The van der Waals surface area contributed by atoms with Crippen LogP contribution in [0.1, 0.15) is 29.5 Å². The molecule has 0 aliphatic heterocycles. The molecule has 0 fully saturated rings. The maximum atomic E-state index is 14.7. The van der Waals surface area contributed by atoms with Gasteiger partial charge in [-0.1, -0.05) is 6.08 Å². The number of carbonyl (C=O) groups excluding carboxylic acids is 1. The number of nitrogens with one attached hydrogen (secondary N) is 1. The third kappa shape index (κ3) is 4.08. The second kappa shape index (κ2) is 7.94. The quantitative estimate of drug-likeness (QED) is 0.596. The molecular weight excluding hydrogens is 383 g/mol. The van der Waals surface area contributed by atoms with Crippen molar-refractivity contribution in [3.05, 3.63) is 66.4 Å². The van der Waals surface area contributed by atoms with Gasteiger partial charge in [-0.05, 0) is 37.3 Å². The monoisotopic (exact) mass is 403 g/mol. The molecule has 0 aliphatic carbocycles. The highest BCUT2D eigenvalue weighted by Gasteiger charge is 2.34. The van der Waals surface area contributed by atoms with Crippen molar-refractivity contribution in [2.75, 3.05) is 5.32 Å². The summed E-state index contributed by atoms with van der Waals surface area (Å²) in [6.45, 7) is 5.68. The molecule has 0 bridgehead atoms. The highest BCUT2D eigenvalue weighted by atomic mass is 19.3. The Labute approximate surface area is 165 Å². The first kappa shape index (κ1) is 20.4. The Hall–Kier alpha value is -3.36. The fourth-order valence-corrected chi connectivity index (χ4v) is 2.96. The smallest absolute Gasteiger partial charge is 0.294 e. The lowest BCUT2D eigenvalue weighted by atomic mass is 10.1. The van der Waals surface area contributed by atoms with Crippen molar-refractivity contribution in [1.82, 2.24) is 19.6 Å². The van der Waals surface area contributed by atoms with E-state index in [1.165, 1.54) is 34.7 Å². The van der Waals surface area contributed by atoms with Gasteiger partial charge >= 0.3 is 0 Å². The highest BCUT2D eigenvalue weighted by Crippen LogP contribution is 2.34. The van der Waals surface area contributed by atoms with Crippen molar-refractivity contribution in [2.24, 2.45) is 7.05 Å². The molecule has 6 nitrogen and oxygen atoms in total. The zero-order chi connectivity index (χ0) is 21.2. The van der Waals surface area contributed by atoms with Crippen LogP contribution in [0.3, 0.4) is 0 Å². The molecule has 0 spiro atoms. The van der Waals surface area contributed by atoms with Crippen LogP contribution in [-0.2, 0) is 19.5 Å². The van der Waals surface area contributed by atoms with E-state index in [0.29, 0.717) is 12.2 Å². The zero-order valence-corrected chi connectivity index (χ0v) is 16.0. The maximum absolute atomic E-state index is 14.7. The van der Waals surface area contributed by atoms with Crippen molar-refractivity contribution in [1.29, 1.82) is 0 Å². The van der Waals surface area contributed by atoms with Gasteiger partial charge in [-0.2, -0.15) is 19.0 Å². The molecule has 0 unspecified atom stereocenters. The van der Waals surface area contributed by atoms with Gasteiger partial charge in [0.15, 0.2) is 0 Å². The number of halogens is 3. The van der Waals surface area contributed by atoms with Gasteiger partial charge in [0, 0.05) is 37.5 Å². The van der Waals surface area contributed by atoms with Crippen molar-refractivity contribution in [2.45, 2.75) is 25.8 Å². The summed E-state index contributed by atoms with van der Waals surface area (Å²) in [5.41, 5.74) is 0.414. The number of nitrogens with zero attached hydrogens (tertiary/aromatic N) is 4. The van der Waals surface area contributed by atoms with Crippen LogP contribution < -0.4 is 5.32 Å². The van der Waals surface area contributed by atoms with Gasteiger partial charge in [-0.3, -0.25) is 14.2 Å². The van der Waals surface area contributed by atoms with E-state index in [9.17, 15) is 18.0 Å². The third-order valence-corrected chi connectivity index (χ3v) is 4.41. The Bertz CT molecular complexity index is 1050. The van der Waals surface area contributed by atoms with E-state index in [1.807, 2.05) is 6.92 Å². The number of aryl methyl sites for hydroxylation is 2. The van der Waals surface area contributed by atoms with Crippen LogP contribution in [0.15, 0.2) is 49.2 Å². The summed E-state index contributed by atoms with van der Waals surface area (Å²) < 4.78 is 45.6. The second-order valence-electron chi connectivity index (χ2n) is 6.42. The number of hydrogen-bond donors (Lipinski definition) is 1. The van der Waals surface area contributed by atoms with Gasteiger partial charge in [0.25, 0.3) is 11.8 Å². The van der Waals surface area contributed by atoms with E-state index in [0.717, 1.165) is 18.2 Å². The number of alkyl halides is 2. The second-order valence-corrected chi connectivity index (χ2v) is 6.42. The number of anilines is 1. The molecule has 152 valence electrons. The number of aromatic nitrogens is 4. The van der Waals surface area contributed by atoms with Gasteiger partial charge in [0.05, 0.1) is 5.69 Å². The molecule has 0 radical (unpaired) electrons. The molecule has 9 heteroatoms. The average Bonchev–Trinajstić information content (AvgIpc) is 3.29. The van der Waals surface area contributed by atoms with Gasteiger partial charge in [0.2, 0.25) is 0 Å². The first-order valence-electron chi connectivity index (χ1n) is 8.93. The summed E-state index contributed by atoms with van der Waals surface area (Å²) in [5, 5.41) is 10.4. The Morgan fingerprint density at radius 2 is 2.07 bits per heavy atom. The normalized spacial score (nSPS) is 11.5. The summed E-state index contributed by atoms with van der Waals surface area (Å²) in [7, 11) is 1.46. The molecule has 0 saturated carbocycles. The molecule has 1 N–H and O–H groups in total. The molecule has 2 aromatic heterocycles. The van der Waals surface area contributed by atoms with Crippen molar-refractivity contribution >= 4 is 11.6 Å². The molecule has 0 saturated heterocycles. The lowest BCUT2D eigenvalue weighted by molar-refractivity contribution is -0.00592. The summed E-state index contributed by atoms with van der Waals surface area (Å²) in [5.74, 6) is -4.29. The number of amides is 1. The van der Waals surface area contributed by atoms with Crippen LogP contribution in [0.25, 0.3) is 11.3 Å². The first-order chi connectivity index (χ1) is 13.8. The number of benzene rings is 1. The van der Waals surface area contributed by atoms with Crippen LogP contribution in [0.5, 0.6) is 0 Å². The summed E-state index contributed by atoms with van der Waals surface area (Å²) in [4.78, 5) is 12.4. The van der Waals surface area contributed by atoms with Crippen LogP contribution in [0.2, 0.25) is 0 Å². The highest BCUT2D eigenvalue weighted by molar-refractivity contribution is 6.03. The van der Waals surface area contributed by atoms with Crippen LogP contribution in [0.4, 0.5) is 18.9 Å². The zero-order valence-electron chi connectivity index (χ0n) is 16.0. The molecular formula is C20H20F3N5O. The molecule has 1 aromatic carbocycles. The van der Waals surface area contributed by atoms with Crippen LogP contribution >= 0.6 is 0 Å². The van der Waals surface area contributed by atoms with Gasteiger partial charge in [-0.25, -0.2) is 4.39 Å². The Balaban J connectivity index is 1.86. The molecule has 3 rings (SSSR count). The first-order valence-corrected chi connectivity index (χ1v) is 8.93. The average molecular weight is 403 g/mol. The largest absolute Gasteiger partial charge is 0.321 e. The standard InChI is InChI=1S/C20H20F3N5O/c1-4-9-20(22,23)18-12-17(27(3)26-18)14-7-6-13(11-15(14)21)25-19(29)16-8-10-24-28(16)5-2/h4,6-8,10-12H,1,5,9H2,2-3H3,(H,25,29). The molecule has 1 amide bonds. The number of rotatable bonds is 7. The van der Waals surface area contributed by atoms with E-state index in [-0.39, 0.29) is 16.9 Å². The van der Waals surface area contributed by atoms with E-state index in [2.05, 4.69) is 22.1 Å². The predicted octanol–water partition coefficient (Wildman–Crippen LogP) is 4.36. The minimum absolute atomic E-state index is 0.0947. The summed E-state index contributed by atoms with van der Waals surface area (Å²) in [6.07, 6.45) is 2.05. The SMILES string of the molecule is C=CCC(F)(F)c1cc(-c2ccc(NC(=O)c3ccnn3CC)cc2F)n(C)n1. The Kier molecular flexibility index (Phi) is 5.58. The molecule has 0 atom stereocenters. The van der Waals surface area contributed by atoms with Gasteiger partial charge in [-0.15, -0.1) is 6.58 Å². The summed E-state index contributed by atoms with van der Waals surface area (Å²) >= 11 is 0. The van der Waals surface area contributed by atoms with Gasteiger partial charge < -0.3 is 5.32 Å². The van der Waals surface area contributed by atoms with Gasteiger partial charge in [0.1, 0.15) is 17.2 Å². The lowest BCUT2D eigenvalue weighted by Gasteiger charge is -2.10. The van der Waals surface area contributed by atoms with E-state index >= 15 is 0 Å². The molecule has 3 aromatic rings. The third-order valence-electron chi connectivity index (χ3n) is 4.41. The lowest BCUT2D eigenvalue weighted by Crippen LogP contribution is -2.17. The number of hydrogen-bond acceptors (Lipinski definition) is 3. The van der Waals surface area contributed by atoms with Crippen LogP contribution in [-0.4, -0.2) is 25.5 Å². The van der Waals surface area contributed by atoms with Crippen LogP contribution in [0, 0.1) is 5.82 Å². The van der Waals surface area contributed by atoms with Crippen molar-refractivity contribution in [3.63, 3.8) is 0 Å². The topological polar surface area (TPSA) is 64.7 Å². The maximum Gasteiger partial charge on any atom is 0.294 e. The van der Waals surface area contributed by atoms with Crippen molar-refractivity contribution < 1.29 is 18.0 Å². The van der Waals surface area contributed by atoms with E-state index in [1.54, 1.807) is 6.07 Å². The molecule has 2 heterocycles. The fraction of sp³-hybridized carbons (Fsp3) is 0.250. The predicted molar refractivity (Wildman–Crippen MR) is 103 cm³/mol. The summed E-state index contributed by atoms with van der Waals surface area (Å²) in [6, 6.07) is 6.75. The van der Waals surface area contributed by atoms with Crippen molar-refractivity contribution in [3.8, 4) is 11.3 Å². The molecule has 29 heavy (non-hydrogen) atoms. The minimum atomic E-state index is -3.19. The fourth-order valence-electron chi connectivity index (χ4n) is 2.96. The van der Waals surface area contributed by atoms with E-state index < -0.39 is 29.8 Å². The Morgan fingerprint density at radius 3 is 2.72 bits per heavy atom. The van der Waals surface area contributed by atoms with E-state index in [4.69, 9.17) is 0 Å². The minimum Gasteiger partial charge on any atom is -0.321 e. The number of carbonyl (C=O) groups is 1. The molecule has 0 aliphatic rings. The Morgan fingerprint density at radius 1 is 1.31 bits per heavy atom.